The van der Waals surface area contributed by atoms with Crippen molar-refractivity contribution in [1.29, 1.82) is 0 Å². The highest BCUT2D eigenvalue weighted by Crippen LogP contribution is 2.39. The minimum absolute atomic E-state index is 0. The molecule has 27 heavy (non-hydrogen) atoms. The molecular formula is C19H22F3N3OS. The normalized spacial score (nSPS) is 16.7. The Morgan fingerprint density at radius 1 is 1.33 bits per heavy atom. The highest BCUT2D eigenvalue weighted by molar-refractivity contribution is 8.00. The van der Waals surface area contributed by atoms with Crippen LogP contribution in [0.1, 0.15) is 26.2 Å². The molecule has 2 aromatic rings. The Balaban J connectivity index is 0.00000280. The van der Waals surface area contributed by atoms with Crippen LogP contribution in [-0.2, 0) is 13.0 Å². The summed E-state index contributed by atoms with van der Waals surface area (Å²) in [7, 11) is 0. The summed E-state index contributed by atoms with van der Waals surface area (Å²) < 4.78 is 41.1. The van der Waals surface area contributed by atoms with Gasteiger partial charge in [-0.25, -0.2) is 9.97 Å². The molecule has 0 spiro atoms. The molecule has 0 bridgehead atoms. The fourth-order valence-electron chi connectivity index (χ4n) is 2.85. The van der Waals surface area contributed by atoms with Gasteiger partial charge in [0, 0.05) is 17.8 Å². The van der Waals surface area contributed by atoms with Crippen molar-refractivity contribution < 1.29 is 19.3 Å². The van der Waals surface area contributed by atoms with Gasteiger partial charge < -0.3 is 10.1 Å². The quantitative estimate of drug-likeness (QED) is 0.550. The van der Waals surface area contributed by atoms with Crippen LogP contribution in [0.15, 0.2) is 41.9 Å². The van der Waals surface area contributed by atoms with Crippen molar-refractivity contribution in [2.45, 2.75) is 42.9 Å². The first kappa shape index (κ1) is 19.7. The van der Waals surface area contributed by atoms with Crippen LogP contribution < -0.4 is 10.1 Å². The highest BCUT2D eigenvalue weighted by atomic mass is 32.2. The van der Waals surface area contributed by atoms with E-state index in [-0.39, 0.29) is 7.18 Å². The highest BCUT2D eigenvalue weighted by Gasteiger charge is 2.31. The smallest absolute Gasteiger partial charge is 0.406 e. The van der Waals surface area contributed by atoms with Crippen LogP contribution in [0.25, 0.3) is 11.3 Å². The number of hydrogen-bond donors (Lipinski definition) is 1. The van der Waals surface area contributed by atoms with Crippen LogP contribution in [-0.4, -0.2) is 28.1 Å². The molecule has 0 radical (unpaired) electrons. The second-order valence-corrected chi connectivity index (χ2v) is 7.28. The van der Waals surface area contributed by atoms with Gasteiger partial charge in [0.15, 0.2) is 0 Å². The summed E-state index contributed by atoms with van der Waals surface area (Å²) in [5.41, 5.74) is 2.54. The minimum atomic E-state index is -4.70. The lowest BCUT2D eigenvalue weighted by Crippen LogP contribution is -2.18. The predicted molar refractivity (Wildman–Crippen MR) is 102 cm³/mol. The second-order valence-electron chi connectivity index (χ2n) is 6.06. The summed E-state index contributed by atoms with van der Waals surface area (Å²) in [5.74, 6) is 0.418. The Kier molecular flexibility index (Phi) is 6.06. The van der Waals surface area contributed by atoms with Crippen molar-refractivity contribution in [3.8, 4) is 17.0 Å². The van der Waals surface area contributed by atoms with Crippen LogP contribution in [0, 0.1) is 0 Å². The van der Waals surface area contributed by atoms with E-state index in [9.17, 15) is 13.2 Å². The predicted octanol–water partition coefficient (Wildman–Crippen LogP) is 4.99. The Labute approximate surface area is 161 Å². The van der Waals surface area contributed by atoms with Crippen LogP contribution in [0.2, 0.25) is 0 Å². The van der Waals surface area contributed by atoms with Crippen molar-refractivity contribution in [3.05, 3.63) is 48.3 Å². The van der Waals surface area contributed by atoms with Gasteiger partial charge in [-0.3, -0.25) is 0 Å². The molecule has 2 heterocycles. The molecule has 1 aliphatic rings. The van der Waals surface area contributed by atoms with Gasteiger partial charge in [-0.1, -0.05) is 24.8 Å². The molecule has 146 valence electrons. The molecule has 0 saturated carbocycles. The van der Waals surface area contributed by atoms with Crippen molar-refractivity contribution in [2.24, 2.45) is 0 Å². The number of ether oxygens (including phenoxy) is 1. The standard InChI is InChI=1S/C19H20F3N3OS.H2/c1-3-14-9-10-15-17(24-16(11-23-4-2)25-18(15)27-14)12-5-7-13(8-6-12)26-19(20,21)22;/h3,5-8,14,23H,1,4,9-11H2,2H3;1H. The maximum Gasteiger partial charge on any atom is 0.573 e. The number of halogens is 3. The largest absolute Gasteiger partial charge is 0.573 e. The van der Waals surface area contributed by atoms with E-state index >= 15 is 0 Å². The molecule has 0 aliphatic carbocycles. The fourth-order valence-corrected chi connectivity index (χ4v) is 3.97. The number of nitrogens with one attached hydrogen (secondary N) is 1. The SMILES string of the molecule is C=CC1CCc2c(nc(CNCC)nc2-c2ccc(OC(F)(F)F)cc2)S1.[HH]. The van der Waals surface area contributed by atoms with E-state index in [2.05, 4.69) is 26.6 Å². The van der Waals surface area contributed by atoms with Crippen molar-refractivity contribution in [3.63, 3.8) is 0 Å². The summed E-state index contributed by atoms with van der Waals surface area (Å²) in [6.07, 6.45) is -1.05. The van der Waals surface area contributed by atoms with E-state index in [0.717, 1.165) is 41.2 Å². The topological polar surface area (TPSA) is 47.0 Å². The third-order valence-corrected chi connectivity index (χ3v) is 5.41. The van der Waals surface area contributed by atoms with E-state index < -0.39 is 6.36 Å². The number of thioether (sulfide) groups is 1. The molecule has 1 aliphatic heterocycles. The van der Waals surface area contributed by atoms with Crippen LogP contribution in [0.4, 0.5) is 13.2 Å². The molecule has 1 N–H and O–H groups in total. The first-order valence-corrected chi connectivity index (χ1v) is 9.53. The van der Waals surface area contributed by atoms with Crippen LogP contribution in [0.5, 0.6) is 5.75 Å². The average molecular weight is 397 g/mol. The summed E-state index contributed by atoms with van der Waals surface area (Å²) in [4.78, 5) is 9.34. The monoisotopic (exact) mass is 397 g/mol. The Hall–Kier alpha value is -2.06. The molecule has 0 amide bonds. The molecule has 3 rings (SSSR count). The van der Waals surface area contributed by atoms with Gasteiger partial charge in [0.25, 0.3) is 0 Å². The third kappa shape index (κ3) is 5.01. The van der Waals surface area contributed by atoms with Gasteiger partial charge in [-0.2, -0.15) is 0 Å². The summed E-state index contributed by atoms with van der Waals surface area (Å²) in [5, 5.41) is 4.43. The van der Waals surface area contributed by atoms with Crippen molar-refractivity contribution in [1.82, 2.24) is 15.3 Å². The van der Waals surface area contributed by atoms with Gasteiger partial charge in [-0.05, 0) is 43.7 Å². The molecule has 1 atom stereocenters. The lowest BCUT2D eigenvalue weighted by Gasteiger charge is -2.23. The maximum absolute atomic E-state index is 12.4. The molecular weight excluding hydrogens is 375 g/mol. The van der Waals surface area contributed by atoms with Crippen molar-refractivity contribution in [2.75, 3.05) is 6.54 Å². The van der Waals surface area contributed by atoms with Gasteiger partial charge in [0.1, 0.15) is 16.6 Å². The fraction of sp³-hybridized carbons (Fsp3) is 0.368. The third-order valence-electron chi connectivity index (χ3n) is 4.11. The number of benzene rings is 1. The first-order chi connectivity index (χ1) is 12.9. The summed E-state index contributed by atoms with van der Waals surface area (Å²) in [6, 6.07) is 5.82. The minimum Gasteiger partial charge on any atom is -0.406 e. The number of aromatic nitrogens is 2. The Morgan fingerprint density at radius 3 is 2.70 bits per heavy atom. The molecule has 1 aromatic heterocycles. The van der Waals surface area contributed by atoms with E-state index in [4.69, 9.17) is 0 Å². The zero-order valence-corrected chi connectivity index (χ0v) is 15.7. The molecule has 4 nitrogen and oxygen atoms in total. The molecule has 8 heteroatoms. The number of rotatable bonds is 6. The van der Waals surface area contributed by atoms with Crippen LogP contribution >= 0.6 is 11.8 Å². The Bertz CT molecular complexity index is 815. The summed E-state index contributed by atoms with van der Waals surface area (Å²) in [6.45, 7) is 7.19. The molecule has 1 unspecified atom stereocenters. The van der Waals surface area contributed by atoms with Gasteiger partial charge in [-0.15, -0.1) is 19.8 Å². The number of nitrogens with zero attached hydrogens (tertiary/aromatic N) is 2. The Morgan fingerprint density at radius 2 is 2.07 bits per heavy atom. The second kappa shape index (κ2) is 8.31. The lowest BCUT2D eigenvalue weighted by molar-refractivity contribution is -0.274. The molecule has 0 fully saturated rings. The van der Waals surface area contributed by atoms with Gasteiger partial charge >= 0.3 is 6.36 Å². The molecule has 1 aromatic carbocycles. The van der Waals surface area contributed by atoms with Gasteiger partial charge in [0.05, 0.1) is 12.2 Å². The van der Waals surface area contributed by atoms with Crippen molar-refractivity contribution >= 4 is 11.8 Å². The molecule has 0 saturated heterocycles. The average Bonchev–Trinajstić information content (AvgIpc) is 2.64. The maximum atomic E-state index is 12.4. The number of hydrogen-bond acceptors (Lipinski definition) is 5. The first-order valence-electron chi connectivity index (χ1n) is 8.65. The summed E-state index contributed by atoms with van der Waals surface area (Å²) >= 11 is 1.65. The lowest BCUT2D eigenvalue weighted by atomic mass is 10.0. The van der Waals surface area contributed by atoms with E-state index in [1.54, 1.807) is 23.9 Å². The van der Waals surface area contributed by atoms with Crippen LogP contribution in [0.3, 0.4) is 0 Å². The van der Waals surface area contributed by atoms with E-state index in [1.165, 1.54) is 12.1 Å². The van der Waals surface area contributed by atoms with Gasteiger partial charge in [0.2, 0.25) is 0 Å². The number of alkyl halides is 3. The number of fused-ring (bicyclic) bond motifs is 1. The van der Waals surface area contributed by atoms with E-state index in [1.807, 2.05) is 13.0 Å². The zero-order chi connectivity index (χ0) is 19.4. The van der Waals surface area contributed by atoms with E-state index in [0.29, 0.717) is 17.6 Å². The zero-order valence-electron chi connectivity index (χ0n) is 14.8.